The first-order chi connectivity index (χ1) is 9.93. The minimum atomic E-state index is -0.796. The molecule has 0 aromatic carbocycles. The second-order valence-electron chi connectivity index (χ2n) is 8.93. The van der Waals surface area contributed by atoms with Gasteiger partial charge in [-0.2, -0.15) is 0 Å². The Morgan fingerprint density at radius 3 is 2.23 bits per heavy atom. The van der Waals surface area contributed by atoms with Gasteiger partial charge >= 0.3 is 6.09 Å². The van der Waals surface area contributed by atoms with Crippen molar-refractivity contribution in [2.24, 2.45) is 23.2 Å². The molecule has 4 atom stereocenters. The van der Waals surface area contributed by atoms with Crippen LogP contribution in [0.25, 0.3) is 0 Å². The number of carbonyl (C=O) groups is 2. The maximum atomic E-state index is 12.4. The van der Waals surface area contributed by atoms with Crippen LogP contribution in [0.3, 0.4) is 0 Å². The average molecular weight is 309 g/mol. The first-order valence-corrected chi connectivity index (χ1v) is 8.36. The van der Waals surface area contributed by atoms with E-state index in [0.29, 0.717) is 5.92 Å². The molecule has 0 spiro atoms. The third-order valence-electron chi connectivity index (χ3n) is 6.24. The van der Waals surface area contributed by atoms with Crippen LogP contribution in [0.2, 0.25) is 0 Å². The third kappa shape index (κ3) is 2.65. The molecule has 22 heavy (non-hydrogen) atoms. The molecule has 0 aliphatic heterocycles. The molecule has 0 N–H and O–H groups in total. The summed E-state index contributed by atoms with van der Waals surface area (Å²) in [6, 6.07) is 0. The number of nitrogens with zero attached hydrogens (tertiary/aromatic N) is 1. The zero-order chi connectivity index (χ0) is 16.9. The Hall–Kier alpha value is -1.06. The monoisotopic (exact) mass is 309 g/mol. The van der Waals surface area contributed by atoms with Crippen LogP contribution in [0.5, 0.6) is 0 Å². The molecule has 2 bridgehead atoms. The predicted molar refractivity (Wildman–Crippen MR) is 86.6 cm³/mol. The van der Waals surface area contributed by atoms with Gasteiger partial charge in [-0.1, -0.05) is 13.8 Å². The molecule has 3 aliphatic rings. The van der Waals surface area contributed by atoms with Crippen molar-refractivity contribution >= 4 is 12.4 Å². The largest absolute Gasteiger partial charge is 0.444 e. The number of aldehydes is 1. The van der Waals surface area contributed by atoms with Gasteiger partial charge in [0.15, 0.2) is 0 Å². The van der Waals surface area contributed by atoms with E-state index in [0.717, 1.165) is 25.0 Å². The normalized spacial score (nSPS) is 32.4. The summed E-state index contributed by atoms with van der Waals surface area (Å²) in [4.78, 5) is 25.9. The van der Waals surface area contributed by atoms with Crippen LogP contribution in [0, 0.1) is 23.2 Å². The van der Waals surface area contributed by atoms with E-state index in [1.165, 1.54) is 11.3 Å². The summed E-state index contributed by atoms with van der Waals surface area (Å²) in [6.45, 7) is 12.0. The van der Waals surface area contributed by atoms with E-state index in [1.54, 1.807) is 7.05 Å². The quantitative estimate of drug-likeness (QED) is 0.743. The fraction of sp³-hybridized carbons (Fsp3) is 0.889. The highest BCUT2D eigenvalue weighted by Crippen LogP contribution is 2.63. The number of likely N-dealkylation sites (N-methyl/N-ethyl adjacent to an activating group) is 1. The van der Waals surface area contributed by atoms with E-state index in [9.17, 15) is 9.59 Å². The maximum absolute atomic E-state index is 12.4. The number of hydrogen-bond donors (Lipinski definition) is 0. The molecule has 0 aromatic heterocycles. The predicted octanol–water partition coefficient (Wildman–Crippen LogP) is 3.88. The number of carbonyl (C=O) groups excluding carboxylic acids is 2. The summed E-state index contributed by atoms with van der Waals surface area (Å²) < 4.78 is 5.47. The van der Waals surface area contributed by atoms with Crippen molar-refractivity contribution in [3.05, 3.63) is 0 Å². The summed E-state index contributed by atoms with van der Waals surface area (Å²) >= 11 is 0. The topological polar surface area (TPSA) is 46.6 Å². The Morgan fingerprint density at radius 2 is 1.82 bits per heavy atom. The fourth-order valence-corrected chi connectivity index (χ4v) is 4.45. The highest BCUT2D eigenvalue weighted by molar-refractivity contribution is 5.76. The van der Waals surface area contributed by atoms with E-state index in [4.69, 9.17) is 4.74 Å². The molecule has 0 saturated heterocycles. The Bertz CT molecular complexity index is 463. The Labute approximate surface area is 134 Å². The van der Waals surface area contributed by atoms with Crippen molar-refractivity contribution in [2.45, 2.75) is 71.9 Å². The lowest BCUT2D eigenvalue weighted by Gasteiger charge is -2.63. The van der Waals surface area contributed by atoms with Crippen LogP contribution < -0.4 is 0 Å². The molecule has 126 valence electrons. The van der Waals surface area contributed by atoms with Gasteiger partial charge in [-0.3, -0.25) is 4.90 Å². The molecule has 4 nitrogen and oxygen atoms in total. The molecular weight excluding hydrogens is 278 g/mol. The van der Waals surface area contributed by atoms with Crippen molar-refractivity contribution < 1.29 is 14.3 Å². The van der Waals surface area contributed by atoms with Crippen molar-refractivity contribution in [2.75, 3.05) is 7.05 Å². The fourth-order valence-electron chi connectivity index (χ4n) is 4.45. The zero-order valence-corrected chi connectivity index (χ0v) is 15.1. The van der Waals surface area contributed by atoms with Gasteiger partial charge in [0, 0.05) is 7.05 Å². The lowest BCUT2D eigenvalue weighted by molar-refractivity contribution is -0.153. The summed E-state index contributed by atoms with van der Waals surface area (Å²) in [5, 5.41) is 0. The number of rotatable bonds is 3. The number of amides is 1. The highest BCUT2D eigenvalue weighted by atomic mass is 16.6. The molecule has 0 heterocycles. The van der Waals surface area contributed by atoms with Crippen LogP contribution >= 0.6 is 0 Å². The molecular formula is C18H31NO3. The summed E-state index contributed by atoms with van der Waals surface area (Å²) in [5.74, 6) is 1.49. The van der Waals surface area contributed by atoms with Crippen molar-refractivity contribution in [1.29, 1.82) is 0 Å². The van der Waals surface area contributed by atoms with Gasteiger partial charge in [-0.05, 0) is 70.1 Å². The summed E-state index contributed by atoms with van der Waals surface area (Å²) in [5.41, 5.74) is -1.07. The van der Waals surface area contributed by atoms with Crippen LogP contribution in [0.4, 0.5) is 4.79 Å². The molecule has 0 radical (unpaired) electrons. The zero-order valence-electron chi connectivity index (χ0n) is 15.1. The molecule has 4 heteroatoms. The molecule has 3 aliphatic carbocycles. The van der Waals surface area contributed by atoms with E-state index in [1.807, 2.05) is 27.7 Å². The molecule has 4 unspecified atom stereocenters. The minimum absolute atomic E-state index is 0.211. The average Bonchev–Trinajstić information content (AvgIpc) is 2.43. The Morgan fingerprint density at radius 1 is 1.23 bits per heavy atom. The van der Waals surface area contributed by atoms with Gasteiger partial charge in [-0.25, -0.2) is 4.79 Å². The number of hydrogen-bond acceptors (Lipinski definition) is 3. The second-order valence-corrected chi connectivity index (χ2v) is 8.93. The van der Waals surface area contributed by atoms with Gasteiger partial charge < -0.3 is 9.53 Å². The number of ether oxygens (including phenoxy) is 1. The van der Waals surface area contributed by atoms with Crippen LogP contribution in [-0.4, -0.2) is 35.5 Å². The summed E-state index contributed by atoms with van der Waals surface area (Å²) in [7, 11) is 1.69. The smallest absolute Gasteiger partial charge is 0.410 e. The first-order valence-electron chi connectivity index (χ1n) is 8.36. The number of fused-ring (bicyclic) bond motifs is 2. The Kier molecular flexibility index (Phi) is 4.12. The van der Waals surface area contributed by atoms with E-state index >= 15 is 0 Å². The van der Waals surface area contributed by atoms with Gasteiger partial charge in [0.2, 0.25) is 0 Å². The molecule has 3 saturated carbocycles. The van der Waals surface area contributed by atoms with E-state index in [-0.39, 0.29) is 11.3 Å². The minimum Gasteiger partial charge on any atom is -0.444 e. The maximum Gasteiger partial charge on any atom is 0.410 e. The van der Waals surface area contributed by atoms with Crippen molar-refractivity contribution in [3.8, 4) is 0 Å². The van der Waals surface area contributed by atoms with Crippen LogP contribution in [-0.2, 0) is 9.53 Å². The Balaban J connectivity index is 2.21. The van der Waals surface area contributed by atoms with Gasteiger partial charge in [0.05, 0.1) is 0 Å². The van der Waals surface area contributed by atoms with Gasteiger partial charge in [0.25, 0.3) is 0 Å². The van der Waals surface area contributed by atoms with Gasteiger partial charge in [0.1, 0.15) is 17.4 Å². The lowest BCUT2D eigenvalue weighted by atomic mass is 9.43. The summed E-state index contributed by atoms with van der Waals surface area (Å²) in [6.07, 6.45) is 3.89. The third-order valence-corrected chi connectivity index (χ3v) is 6.24. The first kappa shape index (κ1) is 17.3. The SMILES string of the molecule is CN(C(=O)OC(C)(C)C)C(C)(C=O)C1CCC2CC1C2(C)C. The van der Waals surface area contributed by atoms with Crippen molar-refractivity contribution in [3.63, 3.8) is 0 Å². The molecule has 3 rings (SSSR count). The highest BCUT2D eigenvalue weighted by Gasteiger charge is 2.59. The lowest BCUT2D eigenvalue weighted by Crippen LogP contribution is -2.64. The van der Waals surface area contributed by atoms with E-state index in [2.05, 4.69) is 13.8 Å². The standard InChI is InChI=1S/C18H31NO3/c1-16(2,3)22-15(21)19(7)18(6,11-20)13-9-8-12-10-14(13)17(12,4)5/h11-14H,8-10H2,1-7H3. The van der Waals surface area contributed by atoms with E-state index < -0.39 is 17.2 Å². The molecule has 3 fully saturated rings. The molecule has 0 aromatic rings. The van der Waals surface area contributed by atoms with Crippen LogP contribution in [0.1, 0.15) is 60.8 Å². The van der Waals surface area contributed by atoms with Crippen molar-refractivity contribution in [1.82, 2.24) is 4.90 Å². The molecule has 1 amide bonds. The second kappa shape index (κ2) is 5.24. The van der Waals surface area contributed by atoms with Gasteiger partial charge in [-0.15, -0.1) is 0 Å². The van der Waals surface area contributed by atoms with Crippen LogP contribution in [0.15, 0.2) is 0 Å².